The predicted molar refractivity (Wildman–Crippen MR) is 54.7 cm³/mol. The third-order valence-corrected chi connectivity index (χ3v) is 1.49. The van der Waals surface area contributed by atoms with Gasteiger partial charge in [-0.25, -0.2) is 0 Å². The maximum absolute atomic E-state index is 11.0. The van der Waals surface area contributed by atoms with E-state index in [4.69, 9.17) is 0 Å². The van der Waals surface area contributed by atoms with Crippen molar-refractivity contribution in [1.82, 2.24) is 10.6 Å². The van der Waals surface area contributed by atoms with E-state index in [0.717, 1.165) is 0 Å². The summed E-state index contributed by atoms with van der Waals surface area (Å²) in [7, 11) is 0. The molecule has 13 heavy (non-hydrogen) atoms. The Labute approximate surface area is 83.9 Å². The van der Waals surface area contributed by atoms with Crippen molar-refractivity contribution in [3.63, 3.8) is 0 Å². The highest BCUT2D eigenvalue weighted by atomic mass is 32.1. The summed E-state index contributed by atoms with van der Waals surface area (Å²) in [5.41, 5.74) is 0. The smallest absolute Gasteiger partial charge is 0.239 e. The fraction of sp³-hybridized carbons (Fsp3) is 0.750. The Kier molecular flexibility index (Phi) is 5.53. The van der Waals surface area contributed by atoms with Crippen molar-refractivity contribution < 1.29 is 9.59 Å². The molecular formula is C8H16N2O2S. The van der Waals surface area contributed by atoms with Gasteiger partial charge in [0.05, 0.1) is 11.8 Å². The van der Waals surface area contributed by atoms with Crippen molar-refractivity contribution in [2.24, 2.45) is 0 Å². The third kappa shape index (κ3) is 6.45. The second kappa shape index (κ2) is 5.85. The summed E-state index contributed by atoms with van der Waals surface area (Å²) in [6.45, 7) is 5.39. The maximum Gasteiger partial charge on any atom is 0.239 e. The van der Waals surface area contributed by atoms with Gasteiger partial charge < -0.3 is 10.6 Å². The van der Waals surface area contributed by atoms with Crippen molar-refractivity contribution in [3.05, 3.63) is 0 Å². The lowest BCUT2D eigenvalue weighted by atomic mass is 10.4. The van der Waals surface area contributed by atoms with Gasteiger partial charge in [-0.15, -0.1) is 0 Å². The normalized spacial score (nSPS) is 12.4. The molecule has 0 saturated heterocycles. The minimum absolute atomic E-state index is 0.0158. The van der Waals surface area contributed by atoms with E-state index in [1.807, 2.05) is 13.8 Å². The fourth-order valence-corrected chi connectivity index (χ4v) is 0.779. The molecule has 0 radical (unpaired) electrons. The van der Waals surface area contributed by atoms with Crippen molar-refractivity contribution in [2.75, 3.05) is 6.54 Å². The van der Waals surface area contributed by atoms with Crippen LogP contribution in [-0.4, -0.2) is 29.7 Å². The average Bonchev–Trinajstić information content (AvgIpc) is 1.98. The first-order valence-corrected chi connectivity index (χ1v) is 4.70. The van der Waals surface area contributed by atoms with Gasteiger partial charge in [0.25, 0.3) is 0 Å². The molecule has 76 valence electrons. The summed E-state index contributed by atoms with van der Waals surface area (Å²) in [5.74, 6) is -0.417. The van der Waals surface area contributed by atoms with Gasteiger partial charge in [-0.3, -0.25) is 9.59 Å². The summed E-state index contributed by atoms with van der Waals surface area (Å²) >= 11 is 3.92. The van der Waals surface area contributed by atoms with Gasteiger partial charge in [0.15, 0.2) is 0 Å². The Morgan fingerprint density at radius 2 is 1.85 bits per heavy atom. The van der Waals surface area contributed by atoms with Crippen LogP contribution in [0.15, 0.2) is 0 Å². The first kappa shape index (κ1) is 12.3. The Bertz CT molecular complexity index is 193. The summed E-state index contributed by atoms with van der Waals surface area (Å²) in [5, 5.41) is 4.74. The van der Waals surface area contributed by atoms with E-state index >= 15 is 0 Å². The molecule has 0 aromatic heterocycles. The van der Waals surface area contributed by atoms with Crippen molar-refractivity contribution in [3.8, 4) is 0 Å². The van der Waals surface area contributed by atoms with Gasteiger partial charge in [-0.1, -0.05) is 0 Å². The fourth-order valence-electron chi connectivity index (χ4n) is 0.688. The van der Waals surface area contributed by atoms with Crippen LogP contribution in [0.4, 0.5) is 0 Å². The van der Waals surface area contributed by atoms with E-state index in [0.29, 0.717) is 0 Å². The first-order valence-electron chi connectivity index (χ1n) is 4.18. The van der Waals surface area contributed by atoms with Crippen LogP contribution >= 0.6 is 12.6 Å². The van der Waals surface area contributed by atoms with Crippen molar-refractivity contribution >= 4 is 24.4 Å². The lowest BCUT2D eigenvalue weighted by molar-refractivity contribution is -0.125. The number of hydrogen-bond donors (Lipinski definition) is 3. The molecule has 0 saturated carbocycles. The van der Waals surface area contributed by atoms with Gasteiger partial charge in [0.1, 0.15) is 0 Å². The lowest BCUT2D eigenvalue weighted by Gasteiger charge is -2.09. The Morgan fingerprint density at radius 3 is 2.23 bits per heavy atom. The van der Waals surface area contributed by atoms with Crippen molar-refractivity contribution in [2.45, 2.75) is 32.1 Å². The molecule has 0 bridgehead atoms. The summed E-state index contributed by atoms with van der Waals surface area (Å²) in [6.07, 6.45) is 0. The topological polar surface area (TPSA) is 58.2 Å². The number of carbonyl (C=O) groups is 2. The maximum atomic E-state index is 11.0. The molecule has 0 spiro atoms. The molecule has 5 heteroatoms. The molecule has 0 heterocycles. The molecule has 0 fully saturated rings. The zero-order valence-electron chi connectivity index (χ0n) is 8.13. The minimum Gasteiger partial charge on any atom is -0.352 e. The van der Waals surface area contributed by atoms with Crippen LogP contribution < -0.4 is 10.6 Å². The SMILES string of the molecule is CC(C)NC(=O)CNC(=O)[C@@H](C)S. The number of rotatable bonds is 4. The molecule has 0 rings (SSSR count). The molecule has 1 atom stereocenters. The highest BCUT2D eigenvalue weighted by molar-refractivity contribution is 7.81. The molecule has 2 amide bonds. The van der Waals surface area contributed by atoms with Crippen LogP contribution in [0, 0.1) is 0 Å². The van der Waals surface area contributed by atoms with Gasteiger partial charge in [-0.05, 0) is 20.8 Å². The second-order valence-electron chi connectivity index (χ2n) is 3.12. The summed E-state index contributed by atoms with van der Waals surface area (Å²) < 4.78 is 0. The first-order chi connectivity index (χ1) is 5.93. The van der Waals surface area contributed by atoms with Crippen LogP contribution in [0.5, 0.6) is 0 Å². The molecule has 0 aliphatic carbocycles. The van der Waals surface area contributed by atoms with Crippen LogP contribution in [0.2, 0.25) is 0 Å². The second-order valence-corrected chi connectivity index (χ2v) is 3.89. The number of nitrogens with one attached hydrogen (secondary N) is 2. The largest absolute Gasteiger partial charge is 0.352 e. The lowest BCUT2D eigenvalue weighted by Crippen LogP contribution is -2.41. The number of thiol groups is 1. The Morgan fingerprint density at radius 1 is 1.31 bits per heavy atom. The highest BCUT2D eigenvalue weighted by Gasteiger charge is 2.09. The standard InChI is InChI=1S/C8H16N2O2S/c1-5(2)10-7(11)4-9-8(12)6(3)13/h5-6,13H,4H2,1-3H3,(H,9,12)(H,10,11)/t6-/m1/s1. The number of carbonyl (C=O) groups excluding carboxylic acids is 2. The van der Waals surface area contributed by atoms with Gasteiger partial charge in [0.2, 0.25) is 11.8 Å². The molecule has 0 aliphatic rings. The number of amides is 2. The van der Waals surface area contributed by atoms with E-state index in [9.17, 15) is 9.59 Å². The van der Waals surface area contributed by atoms with Gasteiger partial charge in [0, 0.05) is 6.04 Å². The van der Waals surface area contributed by atoms with E-state index < -0.39 is 0 Å². The number of hydrogen-bond acceptors (Lipinski definition) is 3. The third-order valence-electron chi connectivity index (χ3n) is 1.25. The quantitative estimate of drug-likeness (QED) is 0.562. The Hall–Kier alpha value is -0.710. The van der Waals surface area contributed by atoms with E-state index in [1.165, 1.54) is 0 Å². The zero-order chi connectivity index (χ0) is 10.4. The van der Waals surface area contributed by atoms with E-state index in [1.54, 1.807) is 6.92 Å². The molecule has 0 aromatic carbocycles. The minimum atomic E-state index is -0.383. The Balaban J connectivity index is 3.64. The van der Waals surface area contributed by atoms with Gasteiger partial charge in [-0.2, -0.15) is 12.6 Å². The highest BCUT2D eigenvalue weighted by Crippen LogP contribution is 1.90. The molecular weight excluding hydrogens is 188 g/mol. The van der Waals surface area contributed by atoms with E-state index in [2.05, 4.69) is 23.3 Å². The molecule has 0 aromatic rings. The van der Waals surface area contributed by atoms with Crippen LogP contribution in [-0.2, 0) is 9.59 Å². The zero-order valence-corrected chi connectivity index (χ0v) is 9.02. The van der Waals surface area contributed by atoms with E-state index in [-0.39, 0.29) is 29.7 Å². The van der Waals surface area contributed by atoms with Crippen LogP contribution in [0.1, 0.15) is 20.8 Å². The van der Waals surface area contributed by atoms with Crippen molar-refractivity contribution in [1.29, 1.82) is 0 Å². The van der Waals surface area contributed by atoms with Crippen LogP contribution in [0.3, 0.4) is 0 Å². The van der Waals surface area contributed by atoms with Gasteiger partial charge >= 0.3 is 0 Å². The summed E-state index contributed by atoms with van der Waals surface area (Å²) in [6, 6.07) is 0.0952. The predicted octanol–water partition coefficient (Wildman–Crippen LogP) is -0.0545. The average molecular weight is 204 g/mol. The molecule has 0 unspecified atom stereocenters. The molecule has 0 aliphatic heterocycles. The molecule has 4 nitrogen and oxygen atoms in total. The molecule has 2 N–H and O–H groups in total. The monoisotopic (exact) mass is 204 g/mol. The van der Waals surface area contributed by atoms with Crippen LogP contribution in [0.25, 0.3) is 0 Å². The summed E-state index contributed by atoms with van der Waals surface area (Å²) in [4.78, 5) is 22.0.